The van der Waals surface area contributed by atoms with E-state index in [1.807, 2.05) is 6.92 Å². The lowest BCUT2D eigenvalue weighted by Gasteiger charge is -2.23. The highest BCUT2D eigenvalue weighted by atomic mass is 16.5. The molecule has 138 valence electrons. The van der Waals surface area contributed by atoms with Crippen LogP contribution in [0.5, 0.6) is 5.75 Å². The molecule has 0 aromatic carbocycles. The Morgan fingerprint density at radius 3 is 2.72 bits per heavy atom. The summed E-state index contributed by atoms with van der Waals surface area (Å²) in [5, 5.41) is 3.12. The third-order valence-electron chi connectivity index (χ3n) is 5.48. The van der Waals surface area contributed by atoms with Gasteiger partial charge < -0.3 is 14.6 Å². The molecule has 1 N–H and O–H groups in total. The number of ether oxygens (including phenoxy) is 1. The molecule has 25 heavy (non-hydrogen) atoms. The van der Waals surface area contributed by atoms with Gasteiger partial charge in [-0.1, -0.05) is 25.7 Å². The monoisotopic (exact) mass is 346 g/mol. The second kappa shape index (κ2) is 8.54. The molecule has 1 fully saturated rings. The van der Waals surface area contributed by atoms with Crippen molar-refractivity contribution in [1.29, 1.82) is 0 Å². The molecule has 1 aliphatic heterocycles. The number of carbonyl (C=O) groups excluding carboxylic acids is 1. The average molecular weight is 346 g/mol. The van der Waals surface area contributed by atoms with Crippen molar-refractivity contribution in [3.63, 3.8) is 0 Å². The molecule has 5 heteroatoms. The zero-order chi connectivity index (χ0) is 17.6. The van der Waals surface area contributed by atoms with E-state index in [1.54, 1.807) is 4.57 Å². The lowest BCUT2D eigenvalue weighted by Crippen LogP contribution is -2.34. The van der Waals surface area contributed by atoms with Crippen LogP contribution in [0.3, 0.4) is 0 Å². The van der Waals surface area contributed by atoms with Crippen LogP contribution in [0.15, 0.2) is 10.9 Å². The number of hydrogen-bond acceptors (Lipinski definition) is 3. The number of hydrogen-bond donors (Lipinski definition) is 1. The van der Waals surface area contributed by atoms with Gasteiger partial charge in [-0.05, 0) is 44.9 Å². The van der Waals surface area contributed by atoms with E-state index in [9.17, 15) is 9.59 Å². The van der Waals surface area contributed by atoms with Crippen molar-refractivity contribution in [2.24, 2.45) is 5.92 Å². The molecular formula is C20H30N2O3. The summed E-state index contributed by atoms with van der Waals surface area (Å²) in [6.07, 6.45) is 10.1. The fraction of sp³-hybridized carbons (Fsp3) is 0.700. The molecule has 0 bridgehead atoms. The van der Waals surface area contributed by atoms with Gasteiger partial charge in [-0.3, -0.25) is 9.59 Å². The SMILES string of the molecule is CCOc1cc(=O)n2c(c1C(=O)NCC1CCCCC1)CCCCC2. The molecule has 0 radical (unpaired) electrons. The van der Waals surface area contributed by atoms with Crippen LogP contribution in [0.2, 0.25) is 0 Å². The van der Waals surface area contributed by atoms with Gasteiger partial charge in [-0.25, -0.2) is 0 Å². The minimum absolute atomic E-state index is 0.0517. The lowest BCUT2D eigenvalue weighted by atomic mass is 9.89. The predicted molar refractivity (Wildman–Crippen MR) is 98.3 cm³/mol. The first-order valence-electron chi connectivity index (χ1n) is 9.88. The molecule has 0 saturated heterocycles. The fourth-order valence-electron chi connectivity index (χ4n) is 4.15. The summed E-state index contributed by atoms with van der Waals surface area (Å²) in [7, 11) is 0. The number of nitrogens with zero attached hydrogens (tertiary/aromatic N) is 1. The molecule has 0 atom stereocenters. The molecular weight excluding hydrogens is 316 g/mol. The normalized spacial score (nSPS) is 18.3. The molecule has 5 nitrogen and oxygen atoms in total. The summed E-state index contributed by atoms with van der Waals surface area (Å²) in [6.45, 7) is 3.76. The average Bonchev–Trinajstić information content (AvgIpc) is 2.87. The largest absolute Gasteiger partial charge is 0.493 e. The van der Waals surface area contributed by atoms with Crippen LogP contribution in [-0.4, -0.2) is 23.6 Å². The van der Waals surface area contributed by atoms with Gasteiger partial charge in [0.1, 0.15) is 11.3 Å². The maximum atomic E-state index is 13.0. The first-order valence-corrected chi connectivity index (χ1v) is 9.88. The van der Waals surface area contributed by atoms with Crippen molar-refractivity contribution in [3.8, 4) is 5.75 Å². The number of amides is 1. The maximum absolute atomic E-state index is 13.0. The van der Waals surface area contributed by atoms with E-state index in [0.29, 0.717) is 30.4 Å². The molecule has 2 aliphatic rings. The smallest absolute Gasteiger partial charge is 0.256 e. The fourth-order valence-corrected chi connectivity index (χ4v) is 4.15. The van der Waals surface area contributed by atoms with Crippen molar-refractivity contribution in [2.75, 3.05) is 13.2 Å². The Kier molecular flexibility index (Phi) is 6.16. The van der Waals surface area contributed by atoms with Gasteiger partial charge in [0, 0.05) is 24.8 Å². The summed E-state index contributed by atoms with van der Waals surface area (Å²) in [5.74, 6) is 0.944. The van der Waals surface area contributed by atoms with Crippen LogP contribution in [0.25, 0.3) is 0 Å². The van der Waals surface area contributed by atoms with Gasteiger partial charge in [-0.15, -0.1) is 0 Å². The zero-order valence-corrected chi connectivity index (χ0v) is 15.3. The maximum Gasteiger partial charge on any atom is 0.256 e. The van der Waals surface area contributed by atoms with Gasteiger partial charge in [-0.2, -0.15) is 0 Å². The Bertz CT molecular complexity index is 660. The summed E-state index contributed by atoms with van der Waals surface area (Å²) < 4.78 is 7.45. The second-order valence-electron chi connectivity index (χ2n) is 7.28. The van der Waals surface area contributed by atoms with Gasteiger partial charge in [0.05, 0.1) is 6.61 Å². The quantitative estimate of drug-likeness (QED) is 0.890. The topological polar surface area (TPSA) is 60.3 Å². The first-order chi connectivity index (χ1) is 12.2. The van der Waals surface area contributed by atoms with Crippen molar-refractivity contribution in [2.45, 2.75) is 71.3 Å². The van der Waals surface area contributed by atoms with Crippen molar-refractivity contribution in [3.05, 3.63) is 27.7 Å². The summed E-state index contributed by atoms with van der Waals surface area (Å²) in [5.41, 5.74) is 1.39. The third kappa shape index (κ3) is 4.25. The van der Waals surface area contributed by atoms with Gasteiger partial charge in [0.25, 0.3) is 11.5 Å². The molecule has 1 amide bonds. The highest BCUT2D eigenvalue weighted by Crippen LogP contribution is 2.26. The van der Waals surface area contributed by atoms with Crippen LogP contribution >= 0.6 is 0 Å². The van der Waals surface area contributed by atoms with E-state index < -0.39 is 0 Å². The van der Waals surface area contributed by atoms with E-state index in [4.69, 9.17) is 4.74 Å². The highest BCUT2D eigenvalue weighted by molar-refractivity contribution is 5.98. The molecule has 1 aromatic rings. The summed E-state index contributed by atoms with van der Waals surface area (Å²) >= 11 is 0. The van der Waals surface area contributed by atoms with Crippen LogP contribution in [0, 0.1) is 5.92 Å². The molecule has 0 unspecified atom stereocenters. The Balaban J connectivity index is 1.86. The summed E-state index contributed by atoms with van der Waals surface area (Å²) in [6, 6.07) is 1.49. The van der Waals surface area contributed by atoms with Gasteiger partial charge >= 0.3 is 0 Å². The first kappa shape index (κ1) is 18.0. The molecule has 2 heterocycles. The molecule has 3 rings (SSSR count). The van der Waals surface area contributed by atoms with Crippen molar-refractivity contribution >= 4 is 5.91 Å². The predicted octanol–water partition coefficient (Wildman–Crippen LogP) is 3.28. The van der Waals surface area contributed by atoms with Crippen LogP contribution < -0.4 is 15.6 Å². The molecule has 0 spiro atoms. The Morgan fingerprint density at radius 2 is 1.96 bits per heavy atom. The van der Waals surface area contributed by atoms with Gasteiger partial charge in [0.15, 0.2) is 0 Å². The van der Waals surface area contributed by atoms with Gasteiger partial charge in [0.2, 0.25) is 0 Å². The molecule has 1 aliphatic carbocycles. The minimum Gasteiger partial charge on any atom is -0.493 e. The number of pyridine rings is 1. The number of rotatable bonds is 5. The zero-order valence-electron chi connectivity index (χ0n) is 15.3. The number of carbonyl (C=O) groups is 1. The summed E-state index contributed by atoms with van der Waals surface area (Å²) in [4.78, 5) is 25.4. The van der Waals surface area contributed by atoms with E-state index in [-0.39, 0.29) is 11.5 Å². The second-order valence-corrected chi connectivity index (χ2v) is 7.28. The molecule has 1 saturated carbocycles. The van der Waals surface area contributed by atoms with E-state index in [1.165, 1.54) is 38.2 Å². The third-order valence-corrected chi connectivity index (χ3v) is 5.48. The van der Waals surface area contributed by atoms with Crippen LogP contribution in [0.4, 0.5) is 0 Å². The standard InChI is InChI=1S/C20H30N2O3/c1-2-25-17-13-18(23)22-12-8-4-7-11-16(22)19(17)20(24)21-14-15-9-5-3-6-10-15/h13,15H,2-12,14H2,1H3,(H,21,24). The number of fused-ring (bicyclic) bond motifs is 1. The van der Waals surface area contributed by atoms with Crippen LogP contribution in [-0.2, 0) is 13.0 Å². The van der Waals surface area contributed by atoms with Crippen LogP contribution in [0.1, 0.15) is 74.3 Å². The Morgan fingerprint density at radius 1 is 1.20 bits per heavy atom. The Hall–Kier alpha value is -1.78. The number of aromatic nitrogens is 1. The van der Waals surface area contributed by atoms with E-state index in [2.05, 4.69) is 5.32 Å². The lowest BCUT2D eigenvalue weighted by molar-refractivity contribution is 0.0937. The number of nitrogens with one attached hydrogen (secondary N) is 1. The Labute approximate surface area is 149 Å². The van der Waals surface area contributed by atoms with Crippen molar-refractivity contribution in [1.82, 2.24) is 9.88 Å². The van der Waals surface area contributed by atoms with E-state index in [0.717, 1.165) is 37.9 Å². The highest BCUT2D eigenvalue weighted by Gasteiger charge is 2.24. The minimum atomic E-state index is -0.0836. The van der Waals surface area contributed by atoms with E-state index >= 15 is 0 Å². The van der Waals surface area contributed by atoms with Crippen molar-refractivity contribution < 1.29 is 9.53 Å². The molecule has 1 aromatic heterocycles.